The molecule has 0 aromatic heterocycles. The number of halogens is 1. The second-order valence-electron chi connectivity index (χ2n) is 2.79. The van der Waals surface area contributed by atoms with Gasteiger partial charge in [0.25, 0.3) is 5.69 Å². The van der Waals surface area contributed by atoms with Gasteiger partial charge in [-0.15, -0.1) is 3.89 Å². The second kappa shape index (κ2) is 7.61. The number of non-ortho nitro benzene ring substituents is 1. The van der Waals surface area contributed by atoms with Gasteiger partial charge in [-0.2, -0.15) is 0 Å². The molecule has 0 saturated heterocycles. The summed E-state index contributed by atoms with van der Waals surface area (Å²) in [5.41, 5.74) is 0.677. The zero-order chi connectivity index (χ0) is 13.4. The minimum absolute atomic E-state index is 0.116. The van der Waals surface area contributed by atoms with Crippen LogP contribution in [0.15, 0.2) is 18.2 Å². The summed E-state index contributed by atoms with van der Waals surface area (Å²) in [6, 6.07) is 3.87. The fraction of sp³-hybridized carbons (Fsp3) is 0.300. The van der Waals surface area contributed by atoms with Gasteiger partial charge >= 0.3 is 0 Å². The molecule has 0 fully saturated rings. The van der Waals surface area contributed by atoms with Crippen LogP contribution in [0, 0.1) is 15.5 Å². The number of anilines is 1. The van der Waals surface area contributed by atoms with Crippen molar-refractivity contribution in [2.45, 2.75) is 20.8 Å². The molecule has 0 unspecified atom stereocenters. The summed E-state index contributed by atoms with van der Waals surface area (Å²) in [6.45, 7) is 5.48. The van der Waals surface area contributed by atoms with Crippen molar-refractivity contribution in [2.75, 3.05) is 4.72 Å². The van der Waals surface area contributed by atoms with Gasteiger partial charge in [0.15, 0.2) is 12.3 Å². The lowest BCUT2D eigenvalue weighted by Crippen LogP contribution is -2.00. The highest BCUT2D eigenvalue weighted by atomic mass is 32.2. The van der Waals surface area contributed by atoms with Crippen LogP contribution in [0.5, 0.6) is 0 Å². The van der Waals surface area contributed by atoms with Crippen molar-refractivity contribution >= 4 is 29.4 Å². The molecule has 1 aromatic carbocycles. The predicted octanol–water partition coefficient (Wildman–Crippen LogP) is 3.95. The van der Waals surface area contributed by atoms with Gasteiger partial charge in [0.2, 0.25) is 0 Å². The van der Waals surface area contributed by atoms with Gasteiger partial charge in [-0.1, -0.05) is 13.8 Å². The molecule has 7 heteroatoms. The average molecular weight is 259 g/mol. The van der Waals surface area contributed by atoms with Gasteiger partial charge < -0.3 is 10.1 Å². The van der Waals surface area contributed by atoms with Crippen molar-refractivity contribution in [1.82, 2.24) is 0 Å². The second-order valence-corrected chi connectivity index (χ2v) is 3.15. The molecule has 2 N–H and O–H groups in total. The van der Waals surface area contributed by atoms with Crippen LogP contribution in [0.25, 0.3) is 0 Å². The Balaban J connectivity index is 0.00000121. The van der Waals surface area contributed by atoms with Crippen molar-refractivity contribution in [3.8, 4) is 0 Å². The van der Waals surface area contributed by atoms with E-state index in [2.05, 4.69) is 4.72 Å². The Hall–Kier alpha value is -1.63. The van der Waals surface area contributed by atoms with E-state index in [0.717, 1.165) is 0 Å². The summed E-state index contributed by atoms with van der Waals surface area (Å²) in [5, 5.41) is 17.9. The molecule has 17 heavy (non-hydrogen) atoms. The minimum Gasteiger partial charge on any atom is -0.305 e. The lowest BCUT2D eigenvalue weighted by Gasteiger charge is -2.06. The molecule has 5 nitrogen and oxygen atoms in total. The van der Waals surface area contributed by atoms with E-state index in [9.17, 15) is 14.0 Å². The fourth-order valence-corrected chi connectivity index (χ4v) is 1.35. The van der Waals surface area contributed by atoms with Crippen molar-refractivity contribution in [1.29, 1.82) is 5.41 Å². The summed E-state index contributed by atoms with van der Waals surface area (Å²) in [7, 11) is 0. The third-order valence-electron chi connectivity index (χ3n) is 1.77. The summed E-state index contributed by atoms with van der Waals surface area (Å²) in [4.78, 5) is 9.92. The first kappa shape index (κ1) is 15.4. The highest BCUT2D eigenvalue weighted by molar-refractivity contribution is 7.95. The molecule has 0 bridgehead atoms. The number of nitrogens with one attached hydrogen (secondary N) is 2. The Bertz CT molecular complexity index is 413. The number of nitro groups is 1. The van der Waals surface area contributed by atoms with Crippen molar-refractivity contribution < 1.29 is 8.81 Å². The predicted molar refractivity (Wildman–Crippen MR) is 69.3 cm³/mol. The maximum Gasteiger partial charge on any atom is 0.270 e. The Labute approximate surface area is 104 Å². The van der Waals surface area contributed by atoms with Gasteiger partial charge in [-0.25, -0.2) is 0 Å². The van der Waals surface area contributed by atoms with Gasteiger partial charge in [0, 0.05) is 23.4 Å². The molecular formula is C10H14FN3O2S. The molecule has 0 aliphatic heterocycles. The van der Waals surface area contributed by atoms with Gasteiger partial charge in [0.1, 0.15) is 0 Å². The summed E-state index contributed by atoms with van der Waals surface area (Å²) < 4.78 is 14.3. The van der Waals surface area contributed by atoms with Crippen LogP contribution in [0.4, 0.5) is 15.3 Å². The lowest BCUT2D eigenvalue weighted by atomic mass is 10.1. The molecule has 0 radical (unpaired) electrons. The van der Waals surface area contributed by atoms with E-state index in [1.807, 2.05) is 13.8 Å². The molecule has 0 aliphatic carbocycles. The summed E-state index contributed by atoms with van der Waals surface area (Å²) in [6.07, 6.45) is 0. The topological polar surface area (TPSA) is 79.0 Å². The third-order valence-corrected chi connectivity index (χ3v) is 2.06. The van der Waals surface area contributed by atoms with Gasteiger partial charge in [-0.3, -0.25) is 10.1 Å². The standard InChI is InChI=1S/C8H8FN3O2S.C2H6/c1-5(10)7-4-6(12(13)14)2-3-8(7)11-15-9;1-2/h2-4,10-11H,1H3;1-2H3. The molecule has 0 atom stereocenters. The van der Waals surface area contributed by atoms with E-state index in [0.29, 0.717) is 11.3 Å². The SMILES string of the molecule is CC.CC(=N)c1cc([N+](=O)[O-])ccc1NSF. The Morgan fingerprint density at radius 2 is 2.12 bits per heavy atom. The van der Waals surface area contributed by atoms with Gasteiger partial charge in [0.05, 0.1) is 10.6 Å². The van der Waals surface area contributed by atoms with Crippen molar-refractivity contribution in [2.24, 2.45) is 0 Å². The van der Waals surface area contributed by atoms with E-state index in [1.54, 1.807) is 0 Å². The van der Waals surface area contributed by atoms with Crippen LogP contribution in [-0.2, 0) is 0 Å². The monoisotopic (exact) mass is 259 g/mol. The van der Waals surface area contributed by atoms with Crippen molar-refractivity contribution in [3.05, 3.63) is 33.9 Å². The Kier molecular flexibility index (Phi) is 6.88. The highest BCUT2D eigenvalue weighted by Gasteiger charge is 2.11. The molecular weight excluding hydrogens is 245 g/mol. The molecule has 1 aromatic rings. The van der Waals surface area contributed by atoms with E-state index in [-0.39, 0.29) is 23.7 Å². The largest absolute Gasteiger partial charge is 0.305 e. The Morgan fingerprint density at radius 1 is 1.53 bits per heavy atom. The van der Waals surface area contributed by atoms with E-state index in [4.69, 9.17) is 5.41 Å². The third kappa shape index (κ3) is 4.39. The number of hydrogen-bond acceptors (Lipinski definition) is 5. The zero-order valence-electron chi connectivity index (χ0n) is 9.78. The van der Waals surface area contributed by atoms with Crippen molar-refractivity contribution in [3.63, 3.8) is 0 Å². The molecule has 0 amide bonds. The van der Waals surface area contributed by atoms with Crippen LogP contribution >= 0.6 is 12.3 Å². The normalized spacial score (nSPS) is 8.94. The van der Waals surface area contributed by atoms with E-state index >= 15 is 0 Å². The molecule has 0 aliphatic rings. The number of rotatable bonds is 4. The fourth-order valence-electron chi connectivity index (χ4n) is 1.09. The number of nitro benzene ring substituents is 1. The quantitative estimate of drug-likeness (QED) is 0.371. The van der Waals surface area contributed by atoms with Crippen LogP contribution in [0.3, 0.4) is 0 Å². The molecule has 1 rings (SSSR count). The maximum absolute atomic E-state index is 12.0. The molecule has 0 saturated carbocycles. The number of hydrogen-bond donors (Lipinski definition) is 2. The first-order valence-electron chi connectivity index (χ1n) is 4.94. The molecule has 0 heterocycles. The van der Waals surface area contributed by atoms with Crippen LogP contribution in [-0.4, -0.2) is 10.6 Å². The lowest BCUT2D eigenvalue weighted by molar-refractivity contribution is -0.384. The minimum atomic E-state index is -0.557. The van der Waals surface area contributed by atoms with Crippen LogP contribution < -0.4 is 4.72 Å². The molecule has 0 spiro atoms. The smallest absolute Gasteiger partial charge is 0.270 e. The van der Waals surface area contributed by atoms with Crippen LogP contribution in [0.2, 0.25) is 0 Å². The summed E-state index contributed by atoms with van der Waals surface area (Å²) >= 11 is -0.116. The maximum atomic E-state index is 12.0. The number of nitrogens with zero attached hydrogens (tertiary/aromatic N) is 1. The van der Waals surface area contributed by atoms with Crippen LogP contribution in [0.1, 0.15) is 26.3 Å². The first-order chi connectivity index (χ1) is 8.06. The first-order valence-corrected chi connectivity index (χ1v) is 5.65. The molecule has 94 valence electrons. The van der Waals surface area contributed by atoms with Gasteiger partial charge in [-0.05, 0) is 13.0 Å². The average Bonchev–Trinajstić information content (AvgIpc) is 2.32. The number of benzene rings is 1. The summed E-state index contributed by atoms with van der Waals surface area (Å²) in [5.74, 6) is 0. The highest BCUT2D eigenvalue weighted by Crippen LogP contribution is 2.24. The van der Waals surface area contributed by atoms with E-state index < -0.39 is 4.92 Å². The zero-order valence-corrected chi connectivity index (χ0v) is 10.6. The van der Waals surface area contributed by atoms with E-state index in [1.165, 1.54) is 25.1 Å². The Morgan fingerprint density at radius 3 is 2.53 bits per heavy atom.